The molecular weight excluding hydrogens is 393 g/mol. The van der Waals surface area contributed by atoms with Gasteiger partial charge in [0.1, 0.15) is 5.75 Å². The van der Waals surface area contributed by atoms with Gasteiger partial charge in [0.25, 0.3) is 5.91 Å². The minimum atomic E-state index is -4.50. The average Bonchev–Trinajstić information content (AvgIpc) is 3.14. The molecule has 3 rings (SSSR count). The van der Waals surface area contributed by atoms with E-state index in [1.807, 2.05) is 0 Å². The van der Waals surface area contributed by atoms with E-state index in [-0.39, 0.29) is 34.2 Å². The number of carbonyl (C=O) groups is 1. The van der Waals surface area contributed by atoms with Gasteiger partial charge in [-0.25, -0.2) is 0 Å². The van der Waals surface area contributed by atoms with Gasteiger partial charge in [-0.3, -0.25) is 9.69 Å². The highest BCUT2D eigenvalue weighted by Gasteiger charge is 2.36. The van der Waals surface area contributed by atoms with Crippen molar-refractivity contribution in [3.63, 3.8) is 0 Å². The van der Waals surface area contributed by atoms with Crippen LogP contribution in [-0.2, 0) is 10.9 Å². The van der Waals surface area contributed by atoms with Crippen molar-refractivity contribution in [3.8, 4) is 5.75 Å². The minimum absolute atomic E-state index is 0.0349. The van der Waals surface area contributed by atoms with E-state index in [9.17, 15) is 18.0 Å². The number of rotatable bonds is 5. The highest BCUT2D eigenvalue weighted by atomic mass is 32.2. The lowest BCUT2D eigenvalue weighted by Crippen LogP contribution is -2.52. The van der Waals surface area contributed by atoms with Crippen LogP contribution in [0.1, 0.15) is 35.2 Å². The van der Waals surface area contributed by atoms with Crippen LogP contribution in [0.2, 0.25) is 0 Å². The molecule has 1 aromatic rings. The van der Waals surface area contributed by atoms with Crippen LogP contribution in [0.4, 0.5) is 13.2 Å². The molecule has 156 valence electrons. The number of hydrogen-bond acceptors (Lipinski definition) is 5. The number of nitrogens with zero attached hydrogens (tertiary/aromatic N) is 1. The fourth-order valence-electron chi connectivity index (χ4n) is 3.99. The normalized spacial score (nSPS) is 23.6. The van der Waals surface area contributed by atoms with Gasteiger partial charge in [0.2, 0.25) is 0 Å². The van der Waals surface area contributed by atoms with Crippen molar-refractivity contribution in [2.75, 3.05) is 39.7 Å². The molecule has 1 aromatic carbocycles. The summed E-state index contributed by atoms with van der Waals surface area (Å²) in [5.74, 6) is -0.447. The number of nitrogens with one attached hydrogen (secondary N) is 1. The van der Waals surface area contributed by atoms with Crippen molar-refractivity contribution in [2.45, 2.75) is 42.4 Å². The van der Waals surface area contributed by atoms with Crippen LogP contribution < -0.4 is 10.1 Å². The van der Waals surface area contributed by atoms with E-state index in [2.05, 4.69) is 10.2 Å². The summed E-state index contributed by atoms with van der Waals surface area (Å²) in [4.78, 5) is 15.6. The Hall–Kier alpha value is -1.45. The first-order valence-corrected chi connectivity index (χ1v) is 10.5. The summed E-state index contributed by atoms with van der Waals surface area (Å²) in [6, 6.07) is 2.09. The molecule has 2 fully saturated rings. The molecule has 0 bridgehead atoms. The Kier molecular flexibility index (Phi) is 6.77. The van der Waals surface area contributed by atoms with Gasteiger partial charge in [0.05, 0.1) is 31.5 Å². The van der Waals surface area contributed by atoms with Crippen LogP contribution in [0.25, 0.3) is 0 Å². The zero-order valence-electron chi connectivity index (χ0n) is 16.0. The van der Waals surface area contributed by atoms with Crippen LogP contribution in [0.15, 0.2) is 17.0 Å². The fraction of sp³-hybridized carbons (Fsp3) is 0.632. The van der Waals surface area contributed by atoms with Crippen LogP contribution in [0.5, 0.6) is 5.75 Å². The monoisotopic (exact) mass is 418 g/mol. The highest BCUT2D eigenvalue weighted by molar-refractivity contribution is 7.98. The van der Waals surface area contributed by atoms with Gasteiger partial charge in [-0.05, 0) is 37.7 Å². The number of ether oxygens (including phenoxy) is 2. The number of amides is 1. The SMILES string of the molecule is COc1cc(C(F)(F)F)cc(SC)c1C(=O)NC1CCCC1N1CCOCC1. The Morgan fingerprint density at radius 3 is 2.61 bits per heavy atom. The summed E-state index contributed by atoms with van der Waals surface area (Å²) < 4.78 is 50.0. The third-order valence-electron chi connectivity index (χ3n) is 5.37. The lowest BCUT2D eigenvalue weighted by molar-refractivity contribution is -0.137. The molecule has 0 radical (unpaired) electrons. The van der Waals surface area contributed by atoms with E-state index in [4.69, 9.17) is 9.47 Å². The van der Waals surface area contributed by atoms with Gasteiger partial charge < -0.3 is 14.8 Å². The van der Waals surface area contributed by atoms with Gasteiger partial charge >= 0.3 is 6.18 Å². The molecule has 1 saturated carbocycles. The van der Waals surface area contributed by atoms with Crippen LogP contribution in [0, 0.1) is 0 Å². The van der Waals surface area contributed by atoms with E-state index in [1.165, 1.54) is 7.11 Å². The Balaban J connectivity index is 1.83. The Morgan fingerprint density at radius 2 is 2.00 bits per heavy atom. The molecule has 5 nitrogen and oxygen atoms in total. The maximum Gasteiger partial charge on any atom is 0.416 e. The van der Waals surface area contributed by atoms with Crippen molar-refractivity contribution < 1.29 is 27.4 Å². The summed E-state index contributed by atoms with van der Waals surface area (Å²) in [5.41, 5.74) is -0.659. The summed E-state index contributed by atoms with van der Waals surface area (Å²) in [5, 5.41) is 3.05. The second-order valence-corrected chi connectivity index (χ2v) is 7.83. The van der Waals surface area contributed by atoms with Crippen LogP contribution in [-0.4, -0.2) is 62.6 Å². The smallest absolute Gasteiger partial charge is 0.416 e. The Morgan fingerprint density at radius 1 is 1.29 bits per heavy atom. The highest BCUT2D eigenvalue weighted by Crippen LogP contribution is 2.38. The molecule has 2 atom stereocenters. The summed E-state index contributed by atoms with van der Waals surface area (Å²) in [7, 11) is 1.28. The number of alkyl halides is 3. The van der Waals surface area contributed by atoms with Crippen molar-refractivity contribution in [3.05, 3.63) is 23.3 Å². The lowest BCUT2D eigenvalue weighted by Gasteiger charge is -2.35. The third kappa shape index (κ3) is 4.58. The lowest BCUT2D eigenvalue weighted by atomic mass is 10.1. The Bertz CT molecular complexity index is 683. The van der Waals surface area contributed by atoms with Gasteiger partial charge in [-0.15, -0.1) is 11.8 Å². The van der Waals surface area contributed by atoms with Crippen LogP contribution >= 0.6 is 11.8 Å². The number of hydrogen-bond donors (Lipinski definition) is 1. The van der Waals surface area contributed by atoms with Crippen LogP contribution in [0.3, 0.4) is 0 Å². The molecule has 1 amide bonds. The molecule has 2 aliphatic rings. The van der Waals surface area contributed by atoms with E-state index >= 15 is 0 Å². The van der Waals surface area contributed by atoms with E-state index in [0.29, 0.717) is 13.2 Å². The molecule has 9 heteroatoms. The van der Waals surface area contributed by atoms with Gasteiger partial charge in [0, 0.05) is 30.1 Å². The van der Waals surface area contributed by atoms with Crippen molar-refractivity contribution in [2.24, 2.45) is 0 Å². The largest absolute Gasteiger partial charge is 0.496 e. The number of morpholine rings is 1. The molecule has 2 unspecified atom stereocenters. The second kappa shape index (κ2) is 8.92. The van der Waals surface area contributed by atoms with Gasteiger partial charge in [-0.2, -0.15) is 13.2 Å². The van der Waals surface area contributed by atoms with Crippen molar-refractivity contribution in [1.29, 1.82) is 0 Å². The average molecular weight is 418 g/mol. The minimum Gasteiger partial charge on any atom is -0.496 e. The number of thioether (sulfide) groups is 1. The van der Waals surface area contributed by atoms with Crippen molar-refractivity contribution >= 4 is 17.7 Å². The summed E-state index contributed by atoms with van der Waals surface area (Å²) >= 11 is 1.10. The molecule has 1 aliphatic heterocycles. The standard InChI is InChI=1S/C19H25F3N2O3S/c1-26-15-10-12(19(20,21)22)11-16(28-2)17(15)18(25)23-13-4-3-5-14(13)24-6-8-27-9-7-24/h10-11,13-14H,3-9H2,1-2H3,(H,23,25). The third-order valence-corrected chi connectivity index (χ3v) is 6.13. The van der Waals surface area contributed by atoms with E-state index in [1.54, 1.807) is 6.26 Å². The number of halogens is 3. The predicted molar refractivity (Wildman–Crippen MR) is 101 cm³/mol. The first kappa shape index (κ1) is 21.3. The number of benzene rings is 1. The zero-order valence-corrected chi connectivity index (χ0v) is 16.8. The molecule has 1 saturated heterocycles. The summed E-state index contributed by atoms with van der Waals surface area (Å²) in [6.07, 6.45) is -0.000244. The second-order valence-electron chi connectivity index (χ2n) is 6.98. The molecule has 1 aliphatic carbocycles. The molecule has 28 heavy (non-hydrogen) atoms. The zero-order chi connectivity index (χ0) is 20.3. The molecular formula is C19H25F3N2O3S. The molecule has 0 spiro atoms. The number of methoxy groups -OCH3 is 1. The molecule has 0 aromatic heterocycles. The fourth-order valence-corrected chi connectivity index (χ4v) is 4.64. The predicted octanol–water partition coefficient (Wildman–Crippen LogP) is 3.42. The number of carbonyl (C=O) groups excluding carboxylic acids is 1. The maximum atomic E-state index is 13.2. The molecule has 1 heterocycles. The van der Waals surface area contributed by atoms with E-state index in [0.717, 1.165) is 56.2 Å². The Labute approximate surface area is 166 Å². The van der Waals surface area contributed by atoms with Crippen molar-refractivity contribution in [1.82, 2.24) is 10.2 Å². The first-order chi connectivity index (χ1) is 13.3. The molecule has 1 N–H and O–H groups in total. The van der Waals surface area contributed by atoms with E-state index < -0.39 is 11.7 Å². The van der Waals surface area contributed by atoms with Gasteiger partial charge in [0.15, 0.2) is 0 Å². The quantitative estimate of drug-likeness (QED) is 0.743. The van der Waals surface area contributed by atoms with Gasteiger partial charge in [-0.1, -0.05) is 0 Å². The summed E-state index contributed by atoms with van der Waals surface area (Å²) in [6.45, 7) is 3.02. The first-order valence-electron chi connectivity index (χ1n) is 9.31. The topological polar surface area (TPSA) is 50.8 Å². The maximum absolute atomic E-state index is 13.2.